The molecule has 1 fully saturated rings. The highest BCUT2D eigenvalue weighted by molar-refractivity contribution is 7.89. The lowest BCUT2D eigenvalue weighted by Gasteiger charge is -2.26. The van der Waals surface area contributed by atoms with Crippen molar-refractivity contribution in [3.8, 4) is 17.0 Å². The molecule has 3 N–H and O–H groups in total. The SMILES string of the molecule is COc1cc(F)cc(C(C)NC(=O)C(CO)N2Cc3ccc(-c4nc(NC5CCOCC5)ncc4Cl)cc3S2(=O)=O)c1. The van der Waals surface area contributed by atoms with Gasteiger partial charge in [0.25, 0.3) is 0 Å². The van der Waals surface area contributed by atoms with Crippen molar-refractivity contribution in [2.45, 2.75) is 49.3 Å². The summed E-state index contributed by atoms with van der Waals surface area (Å²) in [7, 11) is -2.78. The van der Waals surface area contributed by atoms with E-state index in [2.05, 4.69) is 20.6 Å². The summed E-state index contributed by atoms with van der Waals surface area (Å²) in [5, 5.41) is 16.3. The molecule has 1 saturated heterocycles. The number of nitrogens with one attached hydrogen (secondary N) is 2. The van der Waals surface area contributed by atoms with Gasteiger partial charge in [-0.1, -0.05) is 23.7 Å². The Bertz CT molecular complexity index is 1590. The number of nitrogens with zero attached hydrogens (tertiary/aromatic N) is 3. The van der Waals surface area contributed by atoms with Crippen LogP contribution < -0.4 is 15.4 Å². The average Bonchev–Trinajstić information content (AvgIpc) is 3.24. The van der Waals surface area contributed by atoms with Gasteiger partial charge in [-0.05, 0) is 49.1 Å². The van der Waals surface area contributed by atoms with Crippen molar-refractivity contribution >= 4 is 33.5 Å². The number of aliphatic hydroxyl groups excluding tert-OH is 1. The first-order chi connectivity index (χ1) is 20.1. The van der Waals surface area contributed by atoms with Crippen molar-refractivity contribution in [2.75, 3.05) is 32.2 Å². The smallest absolute Gasteiger partial charge is 0.244 e. The minimum atomic E-state index is -4.18. The predicted molar refractivity (Wildman–Crippen MR) is 153 cm³/mol. The Balaban J connectivity index is 1.36. The minimum Gasteiger partial charge on any atom is -0.497 e. The van der Waals surface area contributed by atoms with Crippen LogP contribution in [-0.2, 0) is 26.1 Å². The molecule has 2 atom stereocenters. The third-order valence-corrected chi connectivity index (χ3v) is 9.58. The maximum absolute atomic E-state index is 14.0. The summed E-state index contributed by atoms with van der Waals surface area (Å²) in [6.07, 6.45) is 3.08. The van der Waals surface area contributed by atoms with E-state index in [1.54, 1.807) is 25.1 Å². The van der Waals surface area contributed by atoms with E-state index in [9.17, 15) is 22.7 Å². The van der Waals surface area contributed by atoms with Gasteiger partial charge in [0.05, 0.1) is 41.6 Å². The fourth-order valence-corrected chi connectivity index (χ4v) is 7.04. The molecule has 5 rings (SSSR count). The molecule has 0 saturated carbocycles. The van der Waals surface area contributed by atoms with Crippen molar-refractivity contribution in [1.29, 1.82) is 0 Å². The minimum absolute atomic E-state index is 0.0113. The Morgan fingerprint density at radius 3 is 2.74 bits per heavy atom. The van der Waals surface area contributed by atoms with Crippen LogP contribution in [0.4, 0.5) is 10.3 Å². The monoisotopic (exact) mass is 619 g/mol. The number of anilines is 1. The van der Waals surface area contributed by atoms with E-state index in [1.807, 2.05) is 0 Å². The van der Waals surface area contributed by atoms with E-state index in [-0.39, 0.29) is 28.3 Å². The van der Waals surface area contributed by atoms with Gasteiger partial charge in [0.1, 0.15) is 17.6 Å². The van der Waals surface area contributed by atoms with Crippen LogP contribution in [0.25, 0.3) is 11.3 Å². The zero-order valence-electron chi connectivity index (χ0n) is 23.0. The lowest BCUT2D eigenvalue weighted by molar-refractivity contribution is -0.126. The first-order valence-electron chi connectivity index (χ1n) is 13.4. The van der Waals surface area contributed by atoms with Gasteiger partial charge in [-0.25, -0.2) is 22.8 Å². The molecule has 1 aromatic heterocycles. The first-order valence-corrected chi connectivity index (χ1v) is 15.2. The summed E-state index contributed by atoms with van der Waals surface area (Å²) in [5.74, 6) is -0.637. The molecule has 11 nitrogen and oxygen atoms in total. The third kappa shape index (κ3) is 6.20. The Morgan fingerprint density at radius 2 is 2.02 bits per heavy atom. The number of hydrogen-bond acceptors (Lipinski definition) is 9. The number of carbonyl (C=O) groups is 1. The maximum Gasteiger partial charge on any atom is 0.244 e. The number of carbonyl (C=O) groups excluding carboxylic acids is 1. The number of aromatic nitrogens is 2. The molecule has 1 amide bonds. The number of sulfonamides is 1. The number of benzene rings is 2. The standard InChI is InChI=1S/C28H31ClFN5O6S/c1-16(19-9-20(30)12-22(10-19)40-2)32-27(37)24(15-36)35-14-18-4-3-17(11-25(18)42(35,38)39)26-23(29)13-31-28(34-26)33-21-5-7-41-8-6-21/h3-4,9-13,16,21,24,36H,5-8,14-15H2,1-2H3,(H,32,37)(H,31,33,34). The highest BCUT2D eigenvalue weighted by Gasteiger charge is 2.42. The summed E-state index contributed by atoms with van der Waals surface area (Å²) in [6.45, 7) is 2.03. The average molecular weight is 620 g/mol. The van der Waals surface area contributed by atoms with Gasteiger partial charge in [-0.3, -0.25) is 4.79 Å². The van der Waals surface area contributed by atoms with Crippen LogP contribution in [0.15, 0.2) is 47.5 Å². The van der Waals surface area contributed by atoms with Crippen LogP contribution in [0.5, 0.6) is 5.75 Å². The second-order valence-corrected chi connectivity index (χ2v) is 12.4. The molecule has 2 aliphatic heterocycles. The fourth-order valence-electron chi connectivity index (χ4n) is 5.04. The molecule has 0 spiro atoms. The van der Waals surface area contributed by atoms with E-state index >= 15 is 0 Å². The number of amides is 1. The first kappa shape index (κ1) is 30.1. The van der Waals surface area contributed by atoms with Gasteiger partial charge in [0.2, 0.25) is 21.9 Å². The van der Waals surface area contributed by atoms with Crippen molar-refractivity contribution in [2.24, 2.45) is 0 Å². The van der Waals surface area contributed by atoms with Gasteiger partial charge >= 0.3 is 0 Å². The molecule has 14 heteroatoms. The molecule has 0 bridgehead atoms. The zero-order chi connectivity index (χ0) is 30.0. The van der Waals surface area contributed by atoms with Gasteiger partial charge in [0, 0.05) is 37.4 Å². The highest BCUT2D eigenvalue weighted by atomic mass is 35.5. The van der Waals surface area contributed by atoms with Crippen LogP contribution in [-0.4, -0.2) is 72.7 Å². The van der Waals surface area contributed by atoms with Gasteiger partial charge in [-0.2, -0.15) is 4.31 Å². The Morgan fingerprint density at radius 1 is 1.26 bits per heavy atom. The fraction of sp³-hybridized carbons (Fsp3) is 0.393. The van der Waals surface area contributed by atoms with Gasteiger partial charge < -0.3 is 25.2 Å². The number of fused-ring (bicyclic) bond motifs is 1. The molecule has 2 aliphatic rings. The molecule has 2 unspecified atom stereocenters. The summed E-state index contributed by atoms with van der Waals surface area (Å²) >= 11 is 6.42. The van der Waals surface area contributed by atoms with Crippen molar-refractivity contribution in [3.63, 3.8) is 0 Å². The van der Waals surface area contributed by atoms with E-state index in [1.165, 1.54) is 31.5 Å². The van der Waals surface area contributed by atoms with Gasteiger partial charge in [0.15, 0.2) is 0 Å². The number of ether oxygens (including phenoxy) is 2. The number of rotatable bonds is 9. The van der Waals surface area contributed by atoms with E-state index < -0.39 is 40.4 Å². The van der Waals surface area contributed by atoms with E-state index in [0.717, 1.165) is 17.1 Å². The molecule has 224 valence electrons. The van der Waals surface area contributed by atoms with Gasteiger partial charge in [-0.15, -0.1) is 0 Å². The molecule has 3 aromatic rings. The number of hydrogen-bond donors (Lipinski definition) is 3. The van der Waals surface area contributed by atoms with Crippen LogP contribution >= 0.6 is 11.6 Å². The molecular weight excluding hydrogens is 589 g/mol. The Kier molecular flexibility index (Phi) is 8.94. The molecule has 0 radical (unpaired) electrons. The normalized spacial score (nSPS) is 18.2. The topological polar surface area (TPSA) is 143 Å². The highest BCUT2D eigenvalue weighted by Crippen LogP contribution is 2.37. The zero-order valence-corrected chi connectivity index (χ0v) is 24.6. The number of methoxy groups -OCH3 is 1. The van der Waals surface area contributed by atoms with Crippen molar-refractivity contribution in [1.82, 2.24) is 19.6 Å². The van der Waals surface area contributed by atoms with Crippen molar-refractivity contribution < 1.29 is 32.2 Å². The summed E-state index contributed by atoms with van der Waals surface area (Å²) in [4.78, 5) is 22.0. The molecule has 2 aromatic carbocycles. The largest absolute Gasteiger partial charge is 0.497 e. The summed E-state index contributed by atoms with van der Waals surface area (Å²) in [6, 6.07) is 6.86. The van der Waals surface area contributed by atoms with Crippen LogP contribution in [0, 0.1) is 5.82 Å². The maximum atomic E-state index is 14.0. The third-order valence-electron chi connectivity index (χ3n) is 7.36. The Labute approximate surface area is 248 Å². The molecular formula is C28H31ClFN5O6S. The lowest BCUT2D eigenvalue weighted by atomic mass is 10.1. The number of aliphatic hydroxyl groups is 1. The van der Waals surface area contributed by atoms with E-state index in [0.29, 0.717) is 41.5 Å². The second kappa shape index (κ2) is 12.5. The van der Waals surface area contributed by atoms with Crippen LogP contribution in [0.1, 0.15) is 36.9 Å². The van der Waals surface area contributed by atoms with Crippen LogP contribution in [0.2, 0.25) is 5.02 Å². The van der Waals surface area contributed by atoms with Crippen LogP contribution in [0.3, 0.4) is 0 Å². The lowest BCUT2D eigenvalue weighted by Crippen LogP contribution is -2.49. The predicted octanol–water partition coefficient (Wildman–Crippen LogP) is 3.28. The Hall–Kier alpha value is -3.36. The van der Waals surface area contributed by atoms with Crippen molar-refractivity contribution in [3.05, 3.63) is 64.6 Å². The molecule has 3 heterocycles. The molecule has 42 heavy (non-hydrogen) atoms. The summed E-state index contributed by atoms with van der Waals surface area (Å²) < 4.78 is 52.7. The number of halogens is 2. The second-order valence-electron chi connectivity index (χ2n) is 10.1. The summed E-state index contributed by atoms with van der Waals surface area (Å²) in [5.41, 5.74) is 1.69. The molecule has 0 aliphatic carbocycles. The quantitative estimate of drug-likeness (QED) is 0.329. The van der Waals surface area contributed by atoms with E-state index in [4.69, 9.17) is 21.1 Å².